The monoisotopic (exact) mass is 328 g/mol. The van der Waals surface area contributed by atoms with Crippen molar-refractivity contribution in [3.63, 3.8) is 0 Å². The topological polar surface area (TPSA) is 51.2 Å². The number of Topliss-reactive ketones (excluding diaryl/α,β-unsaturated/α-hetero) is 1. The molecule has 1 aliphatic rings. The number of nitrogens with zero attached hydrogens (tertiary/aromatic N) is 1. The van der Waals surface area contributed by atoms with Crippen molar-refractivity contribution < 1.29 is 9.53 Å². The van der Waals surface area contributed by atoms with Crippen LogP contribution in [0.4, 0.5) is 0 Å². The molecule has 2 heterocycles. The van der Waals surface area contributed by atoms with Crippen LogP contribution in [0.15, 0.2) is 60.8 Å². The molecule has 1 N–H and O–H groups in total. The first kappa shape index (κ1) is 19.7. The molecule has 0 saturated carbocycles. The highest BCUT2D eigenvalue weighted by Crippen LogP contribution is 2.13. The van der Waals surface area contributed by atoms with Gasteiger partial charge in [0.2, 0.25) is 0 Å². The Labute approximate surface area is 145 Å². The molecule has 0 atom stereocenters. The maximum absolute atomic E-state index is 11.9. The van der Waals surface area contributed by atoms with E-state index in [0.717, 1.165) is 37.1 Å². The van der Waals surface area contributed by atoms with Gasteiger partial charge in [0.1, 0.15) is 5.76 Å². The van der Waals surface area contributed by atoms with Gasteiger partial charge >= 0.3 is 0 Å². The van der Waals surface area contributed by atoms with Crippen molar-refractivity contribution in [3.8, 4) is 0 Å². The second-order valence-corrected chi connectivity index (χ2v) is 5.18. The molecule has 0 saturated heterocycles. The molecule has 0 unspecified atom stereocenters. The maximum atomic E-state index is 11.9. The predicted octanol–water partition coefficient (Wildman–Crippen LogP) is 4.42. The highest BCUT2D eigenvalue weighted by molar-refractivity contribution is 5.95. The van der Waals surface area contributed by atoms with Gasteiger partial charge in [-0.05, 0) is 43.7 Å². The number of nitrogens with one attached hydrogen (secondary N) is 1. The summed E-state index contributed by atoms with van der Waals surface area (Å²) in [6.45, 7) is 9.34. The van der Waals surface area contributed by atoms with Crippen LogP contribution >= 0.6 is 0 Å². The van der Waals surface area contributed by atoms with Crippen molar-refractivity contribution >= 4 is 5.78 Å². The zero-order valence-electron chi connectivity index (χ0n) is 14.8. The van der Waals surface area contributed by atoms with E-state index in [2.05, 4.69) is 16.9 Å². The predicted molar refractivity (Wildman–Crippen MR) is 98.7 cm³/mol. The van der Waals surface area contributed by atoms with E-state index >= 15 is 0 Å². The molecule has 130 valence electrons. The third-order valence-corrected chi connectivity index (χ3v) is 3.47. The Morgan fingerprint density at radius 2 is 2.17 bits per heavy atom. The molecule has 0 bridgehead atoms. The first-order valence-corrected chi connectivity index (χ1v) is 8.62. The Hall–Kier alpha value is -2.36. The average Bonchev–Trinajstić information content (AvgIpc) is 2.67. The molecule has 0 spiro atoms. The zero-order valence-corrected chi connectivity index (χ0v) is 14.8. The van der Waals surface area contributed by atoms with Gasteiger partial charge < -0.3 is 10.1 Å². The van der Waals surface area contributed by atoms with Crippen molar-refractivity contribution in [1.29, 1.82) is 0 Å². The van der Waals surface area contributed by atoms with Crippen LogP contribution in [0.1, 0.15) is 49.9 Å². The van der Waals surface area contributed by atoms with E-state index in [4.69, 9.17) is 4.74 Å². The van der Waals surface area contributed by atoms with E-state index in [1.54, 1.807) is 18.5 Å². The molecule has 0 fully saturated rings. The van der Waals surface area contributed by atoms with Gasteiger partial charge in [0.25, 0.3) is 0 Å². The number of allylic oxidation sites excluding steroid dienone is 2. The number of pyridine rings is 1. The molecule has 1 aromatic rings. The summed E-state index contributed by atoms with van der Waals surface area (Å²) in [6, 6.07) is 3.60. The van der Waals surface area contributed by atoms with Gasteiger partial charge in [0.15, 0.2) is 5.78 Å². The van der Waals surface area contributed by atoms with Crippen molar-refractivity contribution in [2.24, 2.45) is 0 Å². The molecule has 4 nitrogen and oxygen atoms in total. The minimum Gasteiger partial charge on any atom is -0.494 e. The lowest BCUT2D eigenvalue weighted by molar-refractivity contribution is 0.0977. The van der Waals surface area contributed by atoms with Gasteiger partial charge in [0.05, 0.1) is 6.61 Å². The van der Waals surface area contributed by atoms with Crippen molar-refractivity contribution in [2.45, 2.75) is 39.5 Å². The third kappa shape index (κ3) is 7.27. The zero-order chi connectivity index (χ0) is 17.6. The molecular weight excluding hydrogens is 300 g/mol. The lowest BCUT2D eigenvalue weighted by Crippen LogP contribution is -2.14. The number of hydrogen-bond acceptors (Lipinski definition) is 4. The first-order chi connectivity index (χ1) is 11.8. The standard InChI is InChI=1S/C18H22N2O2.C2H6/c1-15(16-7-5-10-19-13-16)22-12-4-2-3-9-18(21)17-8-6-11-20-14-17;1-2/h5-8,10-11,14,19H,1-4,9,12-13H2;1-2H3. The molecule has 0 radical (unpaired) electrons. The van der Waals surface area contributed by atoms with Gasteiger partial charge in [-0.3, -0.25) is 9.78 Å². The van der Waals surface area contributed by atoms with Crippen LogP contribution in [-0.2, 0) is 4.74 Å². The summed E-state index contributed by atoms with van der Waals surface area (Å²) in [7, 11) is 0. The fraction of sp³-hybridized carbons (Fsp3) is 0.400. The van der Waals surface area contributed by atoms with Crippen LogP contribution in [-0.4, -0.2) is 23.9 Å². The van der Waals surface area contributed by atoms with E-state index in [0.29, 0.717) is 18.6 Å². The fourth-order valence-electron chi connectivity index (χ4n) is 2.18. The Morgan fingerprint density at radius 1 is 1.33 bits per heavy atom. The largest absolute Gasteiger partial charge is 0.494 e. The van der Waals surface area contributed by atoms with Crippen LogP contribution in [0.3, 0.4) is 0 Å². The molecule has 1 aliphatic heterocycles. The Morgan fingerprint density at radius 3 is 2.83 bits per heavy atom. The minimum atomic E-state index is 0.156. The quantitative estimate of drug-likeness (QED) is 0.414. The van der Waals surface area contributed by atoms with Crippen molar-refractivity contribution in [1.82, 2.24) is 10.3 Å². The second kappa shape index (κ2) is 12.1. The number of hydrogen-bond donors (Lipinski definition) is 1. The van der Waals surface area contributed by atoms with Crippen molar-refractivity contribution in [2.75, 3.05) is 13.2 Å². The molecule has 0 aromatic carbocycles. The summed E-state index contributed by atoms with van der Waals surface area (Å²) in [6.07, 6.45) is 12.5. The summed E-state index contributed by atoms with van der Waals surface area (Å²) < 4.78 is 5.64. The smallest absolute Gasteiger partial charge is 0.164 e. The Balaban J connectivity index is 0.00000139. The number of rotatable bonds is 9. The van der Waals surface area contributed by atoms with Gasteiger partial charge in [-0.1, -0.05) is 26.5 Å². The Kier molecular flexibility index (Phi) is 9.93. The van der Waals surface area contributed by atoms with Crippen LogP contribution in [0, 0.1) is 0 Å². The van der Waals surface area contributed by atoms with E-state index in [-0.39, 0.29) is 5.78 Å². The van der Waals surface area contributed by atoms with Crippen LogP contribution in [0.2, 0.25) is 0 Å². The molecule has 4 heteroatoms. The number of carbonyl (C=O) groups is 1. The number of ketones is 1. The van der Waals surface area contributed by atoms with Gasteiger partial charge in [-0.25, -0.2) is 0 Å². The normalized spacial score (nSPS) is 12.3. The van der Waals surface area contributed by atoms with E-state index in [1.807, 2.05) is 38.3 Å². The fourth-order valence-corrected chi connectivity index (χ4v) is 2.18. The lowest BCUT2D eigenvalue weighted by atomic mass is 10.1. The summed E-state index contributed by atoms with van der Waals surface area (Å²) in [4.78, 5) is 15.8. The van der Waals surface area contributed by atoms with E-state index in [1.165, 1.54) is 0 Å². The maximum Gasteiger partial charge on any atom is 0.164 e. The number of carbonyl (C=O) groups excluding carboxylic acids is 1. The molecule has 1 aromatic heterocycles. The molecule has 2 rings (SSSR count). The minimum absolute atomic E-state index is 0.156. The summed E-state index contributed by atoms with van der Waals surface area (Å²) in [5, 5.41) is 3.12. The number of aromatic nitrogens is 1. The highest BCUT2D eigenvalue weighted by Gasteiger charge is 2.06. The average molecular weight is 328 g/mol. The molecule has 24 heavy (non-hydrogen) atoms. The van der Waals surface area contributed by atoms with Crippen LogP contribution in [0.25, 0.3) is 0 Å². The molecule has 0 amide bonds. The second-order valence-electron chi connectivity index (χ2n) is 5.18. The summed E-state index contributed by atoms with van der Waals surface area (Å²) in [5.74, 6) is 0.881. The third-order valence-electron chi connectivity index (χ3n) is 3.47. The Bertz CT molecular complexity index is 562. The van der Waals surface area contributed by atoms with Crippen LogP contribution in [0.5, 0.6) is 0 Å². The highest BCUT2D eigenvalue weighted by atomic mass is 16.5. The van der Waals surface area contributed by atoms with Gasteiger partial charge in [-0.2, -0.15) is 0 Å². The number of unbranched alkanes of at least 4 members (excludes halogenated alkanes) is 2. The summed E-state index contributed by atoms with van der Waals surface area (Å²) >= 11 is 0. The SMILES string of the molecule is C=C(OCCCCCC(=O)c1cccnc1)C1=CC=CNC1.CC. The van der Waals surface area contributed by atoms with Crippen molar-refractivity contribution in [3.05, 3.63) is 66.4 Å². The number of ether oxygens (including phenoxy) is 1. The molecular formula is C20H28N2O2. The number of dihydropyridines is 1. The van der Waals surface area contributed by atoms with Crippen LogP contribution < -0.4 is 5.32 Å². The lowest BCUT2D eigenvalue weighted by Gasteiger charge is -2.14. The first-order valence-electron chi connectivity index (χ1n) is 8.62. The van der Waals surface area contributed by atoms with E-state index in [9.17, 15) is 4.79 Å². The summed E-state index contributed by atoms with van der Waals surface area (Å²) in [5.41, 5.74) is 1.77. The van der Waals surface area contributed by atoms with Gasteiger partial charge in [0, 0.05) is 36.5 Å². The van der Waals surface area contributed by atoms with E-state index < -0.39 is 0 Å². The van der Waals surface area contributed by atoms with Gasteiger partial charge in [-0.15, -0.1) is 0 Å². The molecule has 0 aliphatic carbocycles.